The van der Waals surface area contributed by atoms with Gasteiger partial charge in [0.25, 0.3) is 0 Å². The number of aromatic carboxylic acids is 1. The predicted octanol–water partition coefficient (Wildman–Crippen LogP) is 2.34. The molecule has 0 unspecified atom stereocenters. The second kappa shape index (κ2) is 5.46. The Balaban J connectivity index is 2.41. The summed E-state index contributed by atoms with van der Waals surface area (Å²) < 4.78 is 13.6. The normalized spacial score (nSPS) is 9.89. The van der Waals surface area contributed by atoms with Crippen molar-refractivity contribution in [3.8, 4) is 6.07 Å². The number of benzene rings is 1. The van der Waals surface area contributed by atoms with Crippen molar-refractivity contribution in [2.24, 2.45) is 0 Å². The lowest BCUT2D eigenvalue weighted by Crippen LogP contribution is -1.97. The van der Waals surface area contributed by atoms with Gasteiger partial charge in [-0.05, 0) is 18.2 Å². The summed E-state index contributed by atoms with van der Waals surface area (Å²) in [5.74, 6) is -1.73. The first kappa shape index (κ1) is 13.0. The maximum atomic E-state index is 13.6. The fraction of sp³-hybridized carbons (Fsp3) is 0. The van der Waals surface area contributed by atoms with E-state index < -0.39 is 11.8 Å². The monoisotopic (exact) mass is 275 g/mol. The Morgan fingerprint density at radius 1 is 1.37 bits per heavy atom. The third-order valence-electron chi connectivity index (χ3n) is 2.16. The summed E-state index contributed by atoms with van der Waals surface area (Å²) in [5.41, 5.74) is 0.0268. The van der Waals surface area contributed by atoms with Crippen molar-refractivity contribution in [1.29, 1.82) is 5.26 Å². The predicted molar refractivity (Wildman–Crippen MR) is 64.2 cm³/mol. The average molecular weight is 275 g/mol. The number of carbonyl (C=O) groups is 1. The molecule has 1 aromatic carbocycles. The standard InChI is InChI=1S/C12H6FN3O2S/c13-8-2-1-7(12(17)18)5-10(8)19-11-9(6-14)15-3-4-16-11/h1-5H,(H,17,18). The largest absolute Gasteiger partial charge is 0.478 e. The van der Waals surface area contributed by atoms with E-state index in [-0.39, 0.29) is 21.2 Å². The van der Waals surface area contributed by atoms with Gasteiger partial charge in [-0.2, -0.15) is 5.26 Å². The minimum atomic E-state index is -1.15. The van der Waals surface area contributed by atoms with Crippen molar-refractivity contribution in [2.45, 2.75) is 9.92 Å². The molecule has 2 aromatic rings. The zero-order chi connectivity index (χ0) is 13.8. The fourth-order valence-corrected chi connectivity index (χ4v) is 2.16. The van der Waals surface area contributed by atoms with E-state index in [0.29, 0.717) is 0 Å². The van der Waals surface area contributed by atoms with Crippen LogP contribution >= 0.6 is 11.8 Å². The van der Waals surface area contributed by atoms with Crippen molar-refractivity contribution < 1.29 is 14.3 Å². The third kappa shape index (κ3) is 2.86. The highest BCUT2D eigenvalue weighted by molar-refractivity contribution is 7.99. The average Bonchev–Trinajstić information content (AvgIpc) is 2.41. The highest BCUT2D eigenvalue weighted by Crippen LogP contribution is 2.30. The summed E-state index contributed by atoms with van der Waals surface area (Å²) in [6, 6.07) is 5.27. The molecule has 7 heteroatoms. The van der Waals surface area contributed by atoms with E-state index in [0.717, 1.165) is 17.8 Å². The van der Waals surface area contributed by atoms with Crippen LogP contribution in [0.15, 0.2) is 40.5 Å². The van der Waals surface area contributed by atoms with Gasteiger partial charge in [0.2, 0.25) is 0 Å². The van der Waals surface area contributed by atoms with E-state index in [1.807, 2.05) is 6.07 Å². The smallest absolute Gasteiger partial charge is 0.335 e. The van der Waals surface area contributed by atoms with Crippen molar-refractivity contribution in [1.82, 2.24) is 9.97 Å². The second-order valence-corrected chi connectivity index (χ2v) is 4.40. The summed E-state index contributed by atoms with van der Waals surface area (Å²) in [5, 5.41) is 17.9. The Morgan fingerprint density at radius 2 is 2.11 bits per heavy atom. The van der Waals surface area contributed by atoms with Gasteiger partial charge in [-0.1, -0.05) is 11.8 Å². The highest BCUT2D eigenvalue weighted by Gasteiger charge is 2.13. The Kier molecular flexibility index (Phi) is 3.73. The van der Waals surface area contributed by atoms with Crippen molar-refractivity contribution >= 4 is 17.7 Å². The maximum Gasteiger partial charge on any atom is 0.335 e. The van der Waals surface area contributed by atoms with Crippen molar-refractivity contribution in [3.63, 3.8) is 0 Å². The van der Waals surface area contributed by atoms with Gasteiger partial charge in [-0.15, -0.1) is 0 Å². The molecule has 5 nitrogen and oxygen atoms in total. The van der Waals surface area contributed by atoms with E-state index in [9.17, 15) is 9.18 Å². The van der Waals surface area contributed by atoms with E-state index in [4.69, 9.17) is 10.4 Å². The van der Waals surface area contributed by atoms with E-state index in [1.54, 1.807) is 0 Å². The van der Waals surface area contributed by atoms with Crippen LogP contribution in [-0.2, 0) is 0 Å². The molecule has 0 aliphatic rings. The topological polar surface area (TPSA) is 86.9 Å². The molecular formula is C12H6FN3O2S. The quantitative estimate of drug-likeness (QED) is 0.925. The fourth-order valence-electron chi connectivity index (χ4n) is 1.30. The molecule has 0 aliphatic heterocycles. The van der Waals surface area contributed by atoms with Crippen LogP contribution in [0.5, 0.6) is 0 Å². The molecule has 94 valence electrons. The number of carboxylic acid groups (broad SMARTS) is 1. The van der Waals surface area contributed by atoms with E-state index in [1.165, 1.54) is 24.5 Å². The summed E-state index contributed by atoms with van der Waals surface area (Å²) >= 11 is 0.863. The van der Waals surface area contributed by atoms with Gasteiger partial charge >= 0.3 is 5.97 Å². The number of aromatic nitrogens is 2. The van der Waals surface area contributed by atoms with Gasteiger partial charge in [-0.3, -0.25) is 0 Å². The Hall–Kier alpha value is -2.46. The number of rotatable bonds is 3. The van der Waals surface area contributed by atoms with Crippen molar-refractivity contribution in [2.75, 3.05) is 0 Å². The molecule has 0 aliphatic carbocycles. The minimum Gasteiger partial charge on any atom is -0.478 e. The molecule has 1 N–H and O–H groups in total. The number of nitriles is 1. The van der Waals surface area contributed by atoms with Gasteiger partial charge in [-0.25, -0.2) is 19.2 Å². The summed E-state index contributed by atoms with van der Waals surface area (Å²) in [6.45, 7) is 0. The van der Waals surface area contributed by atoms with Crippen LogP contribution in [-0.4, -0.2) is 21.0 Å². The van der Waals surface area contributed by atoms with Gasteiger partial charge in [0, 0.05) is 12.4 Å². The molecule has 0 bridgehead atoms. The van der Waals surface area contributed by atoms with Crippen LogP contribution in [0, 0.1) is 17.1 Å². The van der Waals surface area contributed by atoms with Gasteiger partial charge < -0.3 is 5.11 Å². The van der Waals surface area contributed by atoms with Crippen LogP contribution in [0.1, 0.15) is 16.1 Å². The van der Waals surface area contributed by atoms with Gasteiger partial charge in [0.05, 0.1) is 10.5 Å². The first-order chi connectivity index (χ1) is 9.11. The van der Waals surface area contributed by atoms with Crippen LogP contribution < -0.4 is 0 Å². The molecule has 0 saturated heterocycles. The molecule has 0 atom stereocenters. The molecule has 1 heterocycles. The molecule has 0 radical (unpaired) electrons. The number of hydrogen-bond donors (Lipinski definition) is 1. The Labute approximate surface area is 111 Å². The van der Waals surface area contributed by atoms with Crippen LogP contribution in [0.4, 0.5) is 4.39 Å². The van der Waals surface area contributed by atoms with Crippen LogP contribution in [0.25, 0.3) is 0 Å². The SMILES string of the molecule is N#Cc1nccnc1Sc1cc(C(=O)O)ccc1F. The first-order valence-corrected chi connectivity index (χ1v) is 5.85. The second-order valence-electron chi connectivity index (χ2n) is 3.37. The Bertz CT molecular complexity index is 685. The number of nitrogens with zero attached hydrogens (tertiary/aromatic N) is 3. The molecular weight excluding hydrogens is 269 g/mol. The third-order valence-corrected chi connectivity index (χ3v) is 3.18. The van der Waals surface area contributed by atoms with Crippen LogP contribution in [0.2, 0.25) is 0 Å². The zero-order valence-corrected chi connectivity index (χ0v) is 10.2. The number of hydrogen-bond acceptors (Lipinski definition) is 5. The maximum absolute atomic E-state index is 13.6. The lowest BCUT2D eigenvalue weighted by molar-refractivity contribution is 0.0696. The van der Waals surface area contributed by atoms with E-state index in [2.05, 4.69) is 9.97 Å². The molecule has 0 fully saturated rings. The molecule has 19 heavy (non-hydrogen) atoms. The van der Waals surface area contributed by atoms with E-state index >= 15 is 0 Å². The van der Waals surface area contributed by atoms with Gasteiger partial charge in [0.1, 0.15) is 16.9 Å². The Morgan fingerprint density at radius 3 is 2.79 bits per heavy atom. The zero-order valence-electron chi connectivity index (χ0n) is 9.37. The summed E-state index contributed by atoms with van der Waals surface area (Å²) in [4.78, 5) is 18.6. The molecule has 0 saturated carbocycles. The molecule has 2 rings (SSSR count). The highest BCUT2D eigenvalue weighted by atomic mass is 32.2. The minimum absolute atomic E-state index is 0.0358. The number of halogens is 1. The summed E-state index contributed by atoms with van der Waals surface area (Å²) in [6.07, 6.45) is 2.73. The lowest BCUT2D eigenvalue weighted by Gasteiger charge is -2.04. The molecule has 0 spiro atoms. The number of carboxylic acids is 1. The lowest BCUT2D eigenvalue weighted by atomic mass is 10.2. The molecule has 1 aromatic heterocycles. The van der Waals surface area contributed by atoms with Crippen molar-refractivity contribution in [3.05, 3.63) is 47.7 Å². The summed E-state index contributed by atoms with van der Waals surface area (Å²) in [7, 11) is 0. The first-order valence-electron chi connectivity index (χ1n) is 5.03. The van der Waals surface area contributed by atoms with Gasteiger partial charge in [0.15, 0.2) is 5.69 Å². The molecule has 0 amide bonds. The van der Waals surface area contributed by atoms with Crippen LogP contribution in [0.3, 0.4) is 0 Å².